The first-order chi connectivity index (χ1) is 20.2. The molecule has 0 amide bonds. The van der Waals surface area contributed by atoms with Crippen LogP contribution in [-0.2, 0) is 0 Å². The average Bonchev–Trinajstić information content (AvgIpc) is 3.39. The number of anilines is 3. The first kappa shape index (κ1) is 23.5. The third-order valence-electron chi connectivity index (χ3n) is 8.07. The minimum atomic E-state index is 0.884. The van der Waals surface area contributed by atoms with Crippen molar-refractivity contribution in [1.82, 2.24) is 0 Å². The van der Waals surface area contributed by atoms with Crippen molar-refractivity contribution in [2.45, 2.75) is 6.92 Å². The summed E-state index contributed by atoms with van der Waals surface area (Å²) in [6, 6.07) is 52.1. The van der Waals surface area contributed by atoms with Gasteiger partial charge in [0.05, 0.1) is 5.69 Å². The maximum atomic E-state index is 6.35. The van der Waals surface area contributed by atoms with E-state index in [2.05, 4.69) is 145 Å². The summed E-state index contributed by atoms with van der Waals surface area (Å²) >= 11 is 0. The number of hydrogen-bond acceptors (Lipinski definition) is 2. The third-order valence-corrected chi connectivity index (χ3v) is 8.07. The van der Waals surface area contributed by atoms with Crippen LogP contribution in [0.25, 0.3) is 54.6 Å². The van der Waals surface area contributed by atoms with E-state index in [1.165, 1.54) is 38.2 Å². The molecule has 1 heterocycles. The van der Waals surface area contributed by atoms with Gasteiger partial charge < -0.3 is 9.32 Å². The van der Waals surface area contributed by atoms with Gasteiger partial charge in [0.25, 0.3) is 0 Å². The molecule has 0 atom stereocenters. The topological polar surface area (TPSA) is 16.4 Å². The Morgan fingerprint density at radius 1 is 0.463 bits per heavy atom. The van der Waals surface area contributed by atoms with Gasteiger partial charge in [0.2, 0.25) is 0 Å². The summed E-state index contributed by atoms with van der Waals surface area (Å²) in [7, 11) is 0. The number of nitrogens with zero attached hydrogens (tertiary/aromatic N) is 1. The smallest absolute Gasteiger partial charge is 0.137 e. The summed E-state index contributed by atoms with van der Waals surface area (Å²) < 4.78 is 6.35. The highest BCUT2D eigenvalue weighted by Crippen LogP contribution is 2.46. The third kappa shape index (κ3) is 3.96. The van der Waals surface area contributed by atoms with Crippen LogP contribution in [0.5, 0.6) is 0 Å². The highest BCUT2D eigenvalue weighted by molar-refractivity contribution is 6.09. The van der Waals surface area contributed by atoms with Crippen molar-refractivity contribution in [3.05, 3.63) is 151 Å². The molecule has 0 saturated heterocycles. The lowest BCUT2D eigenvalue weighted by atomic mass is 9.93. The normalized spacial score (nSPS) is 11.5. The van der Waals surface area contributed by atoms with Crippen molar-refractivity contribution in [3.63, 3.8) is 0 Å². The Hall–Kier alpha value is -5.34. The Balaban J connectivity index is 1.43. The SMILES string of the molecule is Cc1cccc(N(c2ccc3c(c2)oc2ccccc23)c2ccc3ccccc3c2-c2ccc3ccccc3c2)c1. The molecule has 2 nitrogen and oxygen atoms in total. The minimum Gasteiger partial charge on any atom is -0.456 e. The van der Waals surface area contributed by atoms with Crippen LogP contribution < -0.4 is 4.90 Å². The molecule has 0 fully saturated rings. The summed E-state index contributed by atoms with van der Waals surface area (Å²) in [6.07, 6.45) is 0. The maximum absolute atomic E-state index is 6.35. The van der Waals surface area contributed by atoms with E-state index in [4.69, 9.17) is 4.42 Å². The van der Waals surface area contributed by atoms with E-state index in [0.717, 1.165) is 39.0 Å². The van der Waals surface area contributed by atoms with Gasteiger partial charge in [-0.1, -0.05) is 97.1 Å². The van der Waals surface area contributed by atoms with Crippen LogP contribution in [0.2, 0.25) is 0 Å². The molecule has 0 aliphatic carbocycles. The van der Waals surface area contributed by atoms with Gasteiger partial charge >= 0.3 is 0 Å². The summed E-state index contributed by atoms with van der Waals surface area (Å²) in [4.78, 5) is 2.37. The number of furan rings is 1. The fourth-order valence-electron chi connectivity index (χ4n) is 6.14. The lowest BCUT2D eigenvalue weighted by molar-refractivity contribution is 0.669. The average molecular weight is 526 g/mol. The zero-order chi connectivity index (χ0) is 27.3. The van der Waals surface area contributed by atoms with Crippen molar-refractivity contribution in [3.8, 4) is 11.1 Å². The summed E-state index contributed by atoms with van der Waals surface area (Å²) in [5, 5.41) is 7.18. The minimum absolute atomic E-state index is 0.884. The summed E-state index contributed by atoms with van der Waals surface area (Å²) in [5.74, 6) is 0. The fraction of sp³-hybridized carbons (Fsp3) is 0.0256. The van der Waals surface area contributed by atoms with E-state index < -0.39 is 0 Å². The van der Waals surface area contributed by atoms with Crippen LogP contribution in [0, 0.1) is 6.92 Å². The Labute approximate surface area is 238 Å². The van der Waals surface area contributed by atoms with Crippen molar-refractivity contribution in [2.75, 3.05) is 4.90 Å². The highest BCUT2D eigenvalue weighted by Gasteiger charge is 2.21. The number of aryl methyl sites for hydroxylation is 1. The predicted molar refractivity (Wildman–Crippen MR) is 174 cm³/mol. The molecule has 2 heteroatoms. The van der Waals surface area contributed by atoms with E-state index in [1.807, 2.05) is 12.1 Å². The highest BCUT2D eigenvalue weighted by atomic mass is 16.3. The van der Waals surface area contributed by atoms with Crippen molar-refractivity contribution in [1.29, 1.82) is 0 Å². The van der Waals surface area contributed by atoms with Gasteiger partial charge in [0, 0.05) is 33.8 Å². The van der Waals surface area contributed by atoms with E-state index >= 15 is 0 Å². The molecule has 194 valence electrons. The molecule has 0 bridgehead atoms. The molecule has 8 rings (SSSR count). The first-order valence-corrected chi connectivity index (χ1v) is 14.0. The molecule has 0 spiro atoms. The predicted octanol–water partition coefficient (Wildman–Crippen LogP) is 11.3. The molecule has 8 aromatic rings. The largest absolute Gasteiger partial charge is 0.456 e. The quantitative estimate of drug-likeness (QED) is 0.227. The first-order valence-electron chi connectivity index (χ1n) is 14.0. The van der Waals surface area contributed by atoms with Gasteiger partial charge in [-0.2, -0.15) is 0 Å². The van der Waals surface area contributed by atoms with Crippen LogP contribution in [-0.4, -0.2) is 0 Å². The van der Waals surface area contributed by atoms with Crippen LogP contribution in [0.15, 0.2) is 150 Å². The molecule has 1 aromatic heterocycles. The molecule has 0 radical (unpaired) electrons. The lowest BCUT2D eigenvalue weighted by Crippen LogP contribution is -2.11. The molecule has 0 unspecified atom stereocenters. The van der Waals surface area contributed by atoms with Gasteiger partial charge in [-0.05, 0) is 82.1 Å². The second-order valence-corrected chi connectivity index (χ2v) is 10.7. The standard InChI is InChI=1S/C39H27NO/c1-26-9-8-13-31(23-26)40(32-20-21-35-34-15-6-7-16-37(34)41-38(35)25-32)36-22-19-28-11-4-5-14-33(28)39(36)30-18-17-27-10-2-3-12-29(27)24-30/h2-25H,1H3. The van der Waals surface area contributed by atoms with E-state index in [-0.39, 0.29) is 0 Å². The van der Waals surface area contributed by atoms with Gasteiger partial charge in [0.1, 0.15) is 11.2 Å². The van der Waals surface area contributed by atoms with Crippen LogP contribution >= 0.6 is 0 Å². The Bertz CT molecular complexity index is 2240. The molecular weight excluding hydrogens is 498 g/mol. The van der Waals surface area contributed by atoms with Crippen LogP contribution in [0.1, 0.15) is 5.56 Å². The maximum Gasteiger partial charge on any atom is 0.137 e. The lowest BCUT2D eigenvalue weighted by Gasteiger charge is -2.29. The van der Waals surface area contributed by atoms with Gasteiger partial charge in [-0.25, -0.2) is 0 Å². The Morgan fingerprint density at radius 2 is 1.17 bits per heavy atom. The van der Waals surface area contributed by atoms with Crippen LogP contribution in [0.3, 0.4) is 0 Å². The Morgan fingerprint density at radius 3 is 2.05 bits per heavy atom. The number of fused-ring (bicyclic) bond motifs is 5. The second kappa shape index (κ2) is 9.39. The molecule has 0 aliphatic heterocycles. The van der Waals surface area contributed by atoms with Gasteiger partial charge in [-0.15, -0.1) is 0 Å². The molecule has 0 N–H and O–H groups in total. The number of rotatable bonds is 4. The number of benzene rings is 7. The van der Waals surface area contributed by atoms with Crippen molar-refractivity contribution in [2.24, 2.45) is 0 Å². The summed E-state index contributed by atoms with van der Waals surface area (Å²) in [5.41, 5.74) is 8.69. The molecule has 0 aliphatic rings. The fourth-order valence-corrected chi connectivity index (χ4v) is 6.14. The Kier molecular flexibility index (Phi) is 5.39. The van der Waals surface area contributed by atoms with Crippen molar-refractivity contribution < 1.29 is 4.42 Å². The van der Waals surface area contributed by atoms with Gasteiger partial charge in [-0.3, -0.25) is 0 Å². The molecular formula is C39H27NO. The van der Waals surface area contributed by atoms with Crippen molar-refractivity contribution >= 4 is 60.5 Å². The van der Waals surface area contributed by atoms with E-state index in [0.29, 0.717) is 0 Å². The number of para-hydroxylation sites is 1. The second-order valence-electron chi connectivity index (χ2n) is 10.7. The van der Waals surface area contributed by atoms with E-state index in [9.17, 15) is 0 Å². The van der Waals surface area contributed by atoms with E-state index in [1.54, 1.807) is 0 Å². The molecule has 41 heavy (non-hydrogen) atoms. The zero-order valence-corrected chi connectivity index (χ0v) is 22.7. The summed E-state index contributed by atoms with van der Waals surface area (Å²) in [6.45, 7) is 2.15. The van der Waals surface area contributed by atoms with Crippen LogP contribution in [0.4, 0.5) is 17.1 Å². The van der Waals surface area contributed by atoms with Gasteiger partial charge in [0.15, 0.2) is 0 Å². The monoisotopic (exact) mass is 525 g/mol. The molecule has 0 saturated carbocycles. The number of hydrogen-bond donors (Lipinski definition) is 0. The zero-order valence-electron chi connectivity index (χ0n) is 22.7. The molecule has 7 aromatic carbocycles.